The van der Waals surface area contributed by atoms with Crippen LogP contribution < -0.4 is 0 Å². The van der Waals surface area contributed by atoms with Crippen LogP contribution in [0.25, 0.3) is 22.4 Å². The van der Waals surface area contributed by atoms with E-state index >= 15 is 0 Å². The molecule has 1 N–H and O–H groups in total. The first-order valence-corrected chi connectivity index (χ1v) is 6.81. The molecule has 0 saturated heterocycles. The molecule has 0 amide bonds. The molecule has 3 aromatic rings. The quantitative estimate of drug-likeness (QED) is 0.786. The van der Waals surface area contributed by atoms with Crippen molar-refractivity contribution in [3.8, 4) is 22.4 Å². The highest BCUT2D eigenvalue weighted by atomic mass is 19.1. The van der Waals surface area contributed by atoms with E-state index in [1.807, 2.05) is 0 Å². The van der Waals surface area contributed by atoms with Gasteiger partial charge in [-0.1, -0.05) is 36.4 Å². The van der Waals surface area contributed by atoms with E-state index in [2.05, 4.69) is 4.98 Å². The molecule has 2 nitrogen and oxygen atoms in total. The van der Waals surface area contributed by atoms with Gasteiger partial charge in [0.2, 0.25) is 0 Å². The zero-order chi connectivity index (χ0) is 15.5. The average molecular weight is 297 g/mol. The maximum Gasteiger partial charge on any atom is 0.132 e. The topological polar surface area (TPSA) is 33.1 Å². The van der Waals surface area contributed by atoms with Crippen LogP contribution in [0.3, 0.4) is 0 Å². The maximum atomic E-state index is 14.1. The zero-order valence-corrected chi connectivity index (χ0v) is 11.6. The van der Waals surface area contributed by atoms with Gasteiger partial charge in [0.1, 0.15) is 11.6 Å². The van der Waals surface area contributed by atoms with Gasteiger partial charge in [0.05, 0.1) is 18.0 Å². The molecule has 22 heavy (non-hydrogen) atoms. The Bertz CT molecular complexity index is 818. The van der Waals surface area contributed by atoms with Crippen molar-refractivity contribution >= 4 is 0 Å². The van der Waals surface area contributed by atoms with Gasteiger partial charge in [-0.15, -0.1) is 0 Å². The second-order valence-electron chi connectivity index (χ2n) is 4.82. The highest BCUT2D eigenvalue weighted by Crippen LogP contribution is 2.33. The van der Waals surface area contributed by atoms with Crippen LogP contribution >= 0.6 is 0 Å². The summed E-state index contributed by atoms with van der Waals surface area (Å²) in [4.78, 5) is 4.28. The Hall–Kier alpha value is -2.59. The molecule has 0 radical (unpaired) electrons. The highest BCUT2D eigenvalue weighted by Gasteiger charge is 2.15. The van der Waals surface area contributed by atoms with E-state index in [0.717, 1.165) is 0 Å². The Morgan fingerprint density at radius 1 is 0.727 bits per heavy atom. The Labute approximate surface area is 126 Å². The summed E-state index contributed by atoms with van der Waals surface area (Å²) < 4.78 is 28.2. The van der Waals surface area contributed by atoms with Gasteiger partial charge in [0.25, 0.3) is 0 Å². The van der Waals surface area contributed by atoms with Crippen molar-refractivity contribution in [3.05, 3.63) is 78.0 Å². The van der Waals surface area contributed by atoms with Gasteiger partial charge in [-0.2, -0.15) is 0 Å². The molecule has 0 saturated carbocycles. The normalized spacial score (nSPS) is 10.7. The molecule has 1 aromatic heterocycles. The Morgan fingerprint density at radius 3 is 1.91 bits per heavy atom. The van der Waals surface area contributed by atoms with Crippen molar-refractivity contribution < 1.29 is 13.9 Å². The van der Waals surface area contributed by atoms with Crippen LogP contribution in [0.15, 0.2) is 60.7 Å². The second kappa shape index (κ2) is 6.03. The number of aliphatic hydroxyl groups is 1. The minimum absolute atomic E-state index is 0.265. The standard InChI is InChI=1S/C18H13F2NO/c19-16-7-3-1-5-13(16)14-10-9-12(11-22)21-18(14)15-6-2-4-8-17(15)20/h1-10,22H,11H2. The van der Waals surface area contributed by atoms with E-state index < -0.39 is 11.6 Å². The first kappa shape index (κ1) is 14.4. The third-order valence-corrected chi connectivity index (χ3v) is 3.41. The number of hydrogen-bond donors (Lipinski definition) is 1. The first-order chi connectivity index (χ1) is 10.7. The van der Waals surface area contributed by atoms with Crippen LogP contribution in [0, 0.1) is 11.6 Å². The fourth-order valence-corrected chi connectivity index (χ4v) is 2.34. The smallest absolute Gasteiger partial charge is 0.132 e. The summed E-state index contributed by atoms with van der Waals surface area (Å²) in [5, 5.41) is 9.26. The average Bonchev–Trinajstić information content (AvgIpc) is 2.55. The molecule has 3 rings (SSSR count). The Kier molecular flexibility index (Phi) is 3.94. The minimum atomic E-state index is -0.442. The lowest BCUT2D eigenvalue weighted by molar-refractivity contribution is 0.277. The lowest BCUT2D eigenvalue weighted by Gasteiger charge is -2.12. The van der Waals surface area contributed by atoms with Crippen LogP contribution in [0.5, 0.6) is 0 Å². The van der Waals surface area contributed by atoms with Gasteiger partial charge in [-0.05, 0) is 24.3 Å². The van der Waals surface area contributed by atoms with Gasteiger partial charge in [0.15, 0.2) is 0 Å². The van der Waals surface area contributed by atoms with Crippen molar-refractivity contribution in [3.63, 3.8) is 0 Å². The molecular formula is C18H13F2NO. The summed E-state index contributed by atoms with van der Waals surface area (Å²) in [7, 11) is 0. The fraction of sp³-hybridized carbons (Fsp3) is 0.0556. The molecule has 0 aliphatic rings. The number of aliphatic hydroxyl groups excluding tert-OH is 1. The lowest BCUT2D eigenvalue weighted by Crippen LogP contribution is -1.98. The maximum absolute atomic E-state index is 14.1. The Morgan fingerprint density at radius 2 is 1.32 bits per heavy atom. The Balaban J connectivity index is 2.28. The highest BCUT2D eigenvalue weighted by molar-refractivity contribution is 5.81. The van der Waals surface area contributed by atoms with Gasteiger partial charge in [0, 0.05) is 16.7 Å². The van der Waals surface area contributed by atoms with E-state index in [9.17, 15) is 13.9 Å². The molecule has 110 valence electrons. The molecule has 0 spiro atoms. The van der Waals surface area contributed by atoms with Crippen LogP contribution in [-0.2, 0) is 6.61 Å². The number of benzene rings is 2. The van der Waals surface area contributed by atoms with E-state index in [1.54, 1.807) is 48.5 Å². The van der Waals surface area contributed by atoms with Gasteiger partial charge in [-0.3, -0.25) is 0 Å². The first-order valence-electron chi connectivity index (χ1n) is 6.81. The summed E-state index contributed by atoms with van der Waals surface area (Å²) in [5.41, 5.74) is 1.82. The van der Waals surface area contributed by atoms with Crippen LogP contribution in [0.1, 0.15) is 5.69 Å². The van der Waals surface area contributed by atoms with E-state index in [-0.39, 0.29) is 12.2 Å². The predicted octanol–water partition coefficient (Wildman–Crippen LogP) is 4.19. The summed E-state index contributed by atoms with van der Waals surface area (Å²) >= 11 is 0. The van der Waals surface area contributed by atoms with Crippen LogP contribution in [0.4, 0.5) is 8.78 Å². The number of hydrogen-bond acceptors (Lipinski definition) is 2. The van der Waals surface area contributed by atoms with E-state index in [0.29, 0.717) is 22.5 Å². The number of aromatic nitrogens is 1. The van der Waals surface area contributed by atoms with Gasteiger partial charge < -0.3 is 5.11 Å². The lowest BCUT2D eigenvalue weighted by atomic mass is 9.98. The minimum Gasteiger partial charge on any atom is -0.390 e. The molecule has 0 aliphatic carbocycles. The molecule has 0 atom stereocenters. The van der Waals surface area contributed by atoms with Crippen molar-refractivity contribution in [2.75, 3.05) is 0 Å². The third kappa shape index (κ3) is 2.61. The molecule has 1 heterocycles. The number of halogens is 2. The molecule has 0 bridgehead atoms. The summed E-state index contributed by atoms with van der Waals surface area (Å²) in [6.07, 6.45) is 0. The zero-order valence-electron chi connectivity index (χ0n) is 11.6. The fourth-order valence-electron chi connectivity index (χ4n) is 2.34. The van der Waals surface area contributed by atoms with Crippen molar-refractivity contribution in [1.29, 1.82) is 0 Å². The summed E-state index contributed by atoms with van der Waals surface area (Å²) in [5.74, 6) is -0.846. The summed E-state index contributed by atoms with van der Waals surface area (Å²) in [6.45, 7) is -0.265. The van der Waals surface area contributed by atoms with Gasteiger partial charge in [-0.25, -0.2) is 13.8 Å². The molecule has 0 aliphatic heterocycles. The van der Waals surface area contributed by atoms with E-state index in [4.69, 9.17) is 0 Å². The number of pyridine rings is 1. The number of nitrogens with zero attached hydrogens (tertiary/aromatic N) is 1. The van der Waals surface area contributed by atoms with Crippen LogP contribution in [-0.4, -0.2) is 10.1 Å². The third-order valence-electron chi connectivity index (χ3n) is 3.41. The largest absolute Gasteiger partial charge is 0.390 e. The monoisotopic (exact) mass is 297 g/mol. The van der Waals surface area contributed by atoms with Crippen molar-refractivity contribution in [2.45, 2.75) is 6.61 Å². The van der Waals surface area contributed by atoms with Crippen molar-refractivity contribution in [1.82, 2.24) is 4.98 Å². The SMILES string of the molecule is OCc1ccc(-c2ccccc2F)c(-c2ccccc2F)n1. The molecule has 4 heteroatoms. The molecule has 2 aromatic carbocycles. The molecule has 0 unspecified atom stereocenters. The molecule has 0 fully saturated rings. The van der Waals surface area contributed by atoms with Gasteiger partial charge >= 0.3 is 0 Å². The molecular weight excluding hydrogens is 284 g/mol. The van der Waals surface area contributed by atoms with Crippen LogP contribution in [0.2, 0.25) is 0 Å². The van der Waals surface area contributed by atoms with Crippen molar-refractivity contribution in [2.24, 2.45) is 0 Å². The number of rotatable bonds is 3. The second-order valence-corrected chi connectivity index (χ2v) is 4.82. The predicted molar refractivity (Wildman–Crippen MR) is 80.9 cm³/mol. The van der Waals surface area contributed by atoms with E-state index in [1.165, 1.54) is 12.1 Å². The summed E-state index contributed by atoms with van der Waals surface area (Å²) in [6, 6.07) is 15.7.